The van der Waals surface area contributed by atoms with Crippen LogP contribution in [0.2, 0.25) is 0 Å². The van der Waals surface area contributed by atoms with Crippen molar-refractivity contribution in [2.24, 2.45) is 16.6 Å². The van der Waals surface area contributed by atoms with Gasteiger partial charge in [0.25, 0.3) is 0 Å². The van der Waals surface area contributed by atoms with Gasteiger partial charge in [-0.3, -0.25) is 0 Å². The van der Waals surface area contributed by atoms with Crippen LogP contribution in [-0.4, -0.2) is 51.7 Å². The Hall–Kier alpha value is -1.80. The van der Waals surface area contributed by atoms with Crippen LogP contribution in [0.15, 0.2) is 29.3 Å². The summed E-state index contributed by atoms with van der Waals surface area (Å²) in [4.78, 5) is 4.34. The Morgan fingerprint density at radius 1 is 1.38 bits per heavy atom. The Kier molecular flexibility index (Phi) is 6.44. The standard InChI is InChI=1S/C16H26N4O3S/c1-23-15-6-4-3-5-14(15)12-19-16(17)18-11-13-7-9-20(10-8-13)24(2,21)22/h3-6,13H,7-12H2,1-2H3,(H3,17,18,19). The molecule has 3 N–H and O–H groups in total. The molecule has 0 spiro atoms. The van der Waals surface area contributed by atoms with Crippen molar-refractivity contribution < 1.29 is 13.2 Å². The maximum Gasteiger partial charge on any atom is 0.211 e. The molecule has 0 bridgehead atoms. The Morgan fingerprint density at radius 2 is 2.04 bits per heavy atom. The molecule has 0 amide bonds. The minimum Gasteiger partial charge on any atom is -0.496 e. The molecular weight excluding hydrogens is 328 g/mol. The number of nitrogens with zero attached hydrogens (tertiary/aromatic N) is 2. The van der Waals surface area contributed by atoms with Gasteiger partial charge in [-0.2, -0.15) is 0 Å². The molecular formula is C16H26N4O3S. The lowest BCUT2D eigenvalue weighted by atomic mass is 9.98. The molecule has 1 heterocycles. The fourth-order valence-electron chi connectivity index (χ4n) is 2.75. The highest BCUT2D eigenvalue weighted by Gasteiger charge is 2.24. The Bertz CT molecular complexity index is 668. The molecule has 2 rings (SSSR count). The molecule has 0 unspecified atom stereocenters. The van der Waals surface area contributed by atoms with Crippen molar-refractivity contribution in [2.75, 3.05) is 33.0 Å². The van der Waals surface area contributed by atoms with Crippen molar-refractivity contribution in [3.05, 3.63) is 29.8 Å². The zero-order valence-electron chi connectivity index (χ0n) is 14.2. The summed E-state index contributed by atoms with van der Waals surface area (Å²) in [6, 6.07) is 7.70. The van der Waals surface area contributed by atoms with Gasteiger partial charge >= 0.3 is 0 Å². The van der Waals surface area contributed by atoms with E-state index >= 15 is 0 Å². The van der Waals surface area contributed by atoms with Crippen LogP contribution >= 0.6 is 0 Å². The van der Waals surface area contributed by atoms with Gasteiger partial charge in [0.1, 0.15) is 5.75 Å². The van der Waals surface area contributed by atoms with E-state index in [0.717, 1.165) is 24.2 Å². The van der Waals surface area contributed by atoms with E-state index in [1.54, 1.807) is 7.11 Å². The van der Waals surface area contributed by atoms with Crippen molar-refractivity contribution in [3.8, 4) is 5.75 Å². The molecule has 1 aliphatic heterocycles. The number of nitrogens with one attached hydrogen (secondary N) is 1. The number of benzene rings is 1. The quantitative estimate of drug-likeness (QED) is 0.581. The van der Waals surface area contributed by atoms with Crippen LogP contribution in [0.5, 0.6) is 5.75 Å². The smallest absolute Gasteiger partial charge is 0.211 e. The van der Waals surface area contributed by atoms with Crippen molar-refractivity contribution in [1.82, 2.24) is 9.62 Å². The molecule has 0 aliphatic carbocycles. The molecule has 1 fully saturated rings. The first kappa shape index (κ1) is 18.5. The summed E-state index contributed by atoms with van der Waals surface area (Å²) in [5.41, 5.74) is 6.90. The molecule has 134 valence electrons. The summed E-state index contributed by atoms with van der Waals surface area (Å²) < 4.78 is 29.8. The molecule has 0 saturated carbocycles. The van der Waals surface area contributed by atoms with Gasteiger partial charge in [0, 0.05) is 25.2 Å². The number of piperidine rings is 1. The number of rotatable bonds is 6. The van der Waals surface area contributed by atoms with E-state index in [-0.39, 0.29) is 0 Å². The molecule has 0 aromatic heterocycles. The monoisotopic (exact) mass is 354 g/mol. The van der Waals surface area contributed by atoms with Crippen LogP contribution in [0, 0.1) is 5.92 Å². The maximum absolute atomic E-state index is 11.5. The van der Waals surface area contributed by atoms with Crippen LogP contribution in [0.1, 0.15) is 18.4 Å². The first-order valence-electron chi connectivity index (χ1n) is 8.01. The van der Waals surface area contributed by atoms with Gasteiger partial charge in [0.05, 0.1) is 19.9 Å². The van der Waals surface area contributed by atoms with Gasteiger partial charge in [-0.25, -0.2) is 17.7 Å². The highest BCUT2D eigenvalue weighted by atomic mass is 32.2. The van der Waals surface area contributed by atoms with Crippen molar-refractivity contribution in [3.63, 3.8) is 0 Å². The predicted molar refractivity (Wildman–Crippen MR) is 95.5 cm³/mol. The first-order valence-corrected chi connectivity index (χ1v) is 9.86. The SMILES string of the molecule is COc1ccccc1CN=C(N)NCC1CCN(S(C)(=O)=O)CC1. The third-order valence-electron chi connectivity index (χ3n) is 4.23. The van der Waals surface area contributed by atoms with E-state index < -0.39 is 10.0 Å². The number of methoxy groups -OCH3 is 1. The van der Waals surface area contributed by atoms with Crippen LogP contribution in [0.25, 0.3) is 0 Å². The van der Waals surface area contributed by atoms with E-state index in [1.165, 1.54) is 10.6 Å². The summed E-state index contributed by atoms with van der Waals surface area (Å²) in [7, 11) is -1.44. The number of hydrogen-bond donors (Lipinski definition) is 2. The van der Waals surface area contributed by atoms with Gasteiger partial charge in [0.2, 0.25) is 10.0 Å². The fraction of sp³-hybridized carbons (Fsp3) is 0.562. The summed E-state index contributed by atoms with van der Waals surface area (Å²) in [6.07, 6.45) is 2.92. The van der Waals surface area contributed by atoms with Crippen LogP contribution in [0.3, 0.4) is 0 Å². The van der Waals surface area contributed by atoms with Gasteiger partial charge < -0.3 is 15.8 Å². The molecule has 1 saturated heterocycles. The average Bonchev–Trinajstić information content (AvgIpc) is 2.58. The fourth-order valence-corrected chi connectivity index (χ4v) is 3.63. The van der Waals surface area contributed by atoms with E-state index in [9.17, 15) is 8.42 Å². The molecule has 1 aromatic carbocycles. The van der Waals surface area contributed by atoms with E-state index in [4.69, 9.17) is 10.5 Å². The van der Waals surface area contributed by atoms with E-state index in [1.807, 2.05) is 24.3 Å². The molecule has 0 radical (unpaired) electrons. The third-order valence-corrected chi connectivity index (χ3v) is 5.53. The Labute approximate surface area is 143 Å². The number of ether oxygens (including phenoxy) is 1. The van der Waals surface area contributed by atoms with Crippen LogP contribution in [0.4, 0.5) is 0 Å². The maximum atomic E-state index is 11.5. The molecule has 0 atom stereocenters. The van der Waals surface area contributed by atoms with Gasteiger partial charge in [-0.1, -0.05) is 18.2 Å². The zero-order chi connectivity index (χ0) is 17.6. The lowest BCUT2D eigenvalue weighted by Gasteiger charge is -2.30. The number of nitrogens with two attached hydrogens (primary N) is 1. The number of aliphatic imine (C=N–C) groups is 1. The lowest BCUT2D eigenvalue weighted by Crippen LogP contribution is -2.42. The van der Waals surface area contributed by atoms with Crippen molar-refractivity contribution >= 4 is 16.0 Å². The summed E-state index contributed by atoms with van der Waals surface area (Å²) >= 11 is 0. The Morgan fingerprint density at radius 3 is 2.67 bits per heavy atom. The zero-order valence-corrected chi connectivity index (χ0v) is 15.1. The second kappa shape index (κ2) is 8.34. The second-order valence-corrected chi connectivity index (χ2v) is 7.98. The molecule has 1 aromatic rings. The van der Waals surface area contributed by atoms with Gasteiger partial charge in [-0.15, -0.1) is 0 Å². The molecule has 1 aliphatic rings. The van der Waals surface area contributed by atoms with E-state index in [0.29, 0.717) is 38.1 Å². The third kappa shape index (κ3) is 5.38. The summed E-state index contributed by atoms with van der Waals surface area (Å²) in [6.45, 7) is 2.31. The normalized spacial score (nSPS) is 17.7. The number of sulfonamides is 1. The number of hydrogen-bond acceptors (Lipinski definition) is 4. The highest BCUT2D eigenvalue weighted by molar-refractivity contribution is 7.88. The van der Waals surface area contributed by atoms with Crippen molar-refractivity contribution in [2.45, 2.75) is 19.4 Å². The topological polar surface area (TPSA) is 97.0 Å². The first-order chi connectivity index (χ1) is 11.4. The van der Waals surface area contributed by atoms with E-state index in [2.05, 4.69) is 10.3 Å². The largest absolute Gasteiger partial charge is 0.496 e. The Balaban J connectivity index is 1.78. The lowest BCUT2D eigenvalue weighted by molar-refractivity contribution is 0.275. The minimum atomic E-state index is -3.07. The highest BCUT2D eigenvalue weighted by Crippen LogP contribution is 2.19. The van der Waals surface area contributed by atoms with Crippen LogP contribution in [-0.2, 0) is 16.6 Å². The summed E-state index contributed by atoms with van der Waals surface area (Å²) in [5, 5.41) is 3.13. The predicted octanol–water partition coefficient (Wildman–Crippen LogP) is 0.771. The number of guanidine groups is 1. The molecule has 7 nitrogen and oxygen atoms in total. The second-order valence-electron chi connectivity index (χ2n) is 6.00. The van der Waals surface area contributed by atoms with Crippen LogP contribution < -0.4 is 15.8 Å². The average molecular weight is 354 g/mol. The minimum absolute atomic E-state index is 0.395. The van der Waals surface area contributed by atoms with Crippen molar-refractivity contribution in [1.29, 1.82) is 0 Å². The molecule has 24 heavy (non-hydrogen) atoms. The summed E-state index contributed by atoms with van der Waals surface area (Å²) in [5.74, 6) is 1.59. The molecule has 8 heteroatoms. The number of para-hydroxylation sites is 1. The van der Waals surface area contributed by atoms with Gasteiger partial charge in [0.15, 0.2) is 5.96 Å². The van der Waals surface area contributed by atoms with Gasteiger partial charge in [-0.05, 0) is 24.8 Å².